The third kappa shape index (κ3) is 13.7. The average molecular weight is 703 g/mol. The SMILES string of the molecule is C=CCC(CC(=O)NC(CO)Cc1ccc(OCc2ccccc2)cc1)C(=O)NC(COC(=O)C(CC=C)Cc1ccccc1)Cc1ccccc1. The van der Waals surface area contributed by atoms with Crippen molar-refractivity contribution in [1.29, 1.82) is 0 Å². The van der Waals surface area contributed by atoms with Gasteiger partial charge in [0, 0.05) is 6.42 Å². The number of allylic oxidation sites excluding steroid dienone is 2. The molecule has 4 aromatic carbocycles. The zero-order valence-corrected chi connectivity index (χ0v) is 29.7. The molecule has 0 radical (unpaired) electrons. The van der Waals surface area contributed by atoms with E-state index in [0.717, 1.165) is 28.0 Å². The molecular formula is C44H50N2O6. The van der Waals surface area contributed by atoms with Gasteiger partial charge < -0.3 is 25.2 Å². The summed E-state index contributed by atoms with van der Waals surface area (Å²) in [6, 6.07) is 35.8. The van der Waals surface area contributed by atoms with Gasteiger partial charge >= 0.3 is 5.97 Å². The van der Waals surface area contributed by atoms with Crippen LogP contribution in [0.15, 0.2) is 141 Å². The Morgan fingerprint density at radius 1 is 0.635 bits per heavy atom. The summed E-state index contributed by atoms with van der Waals surface area (Å²) < 4.78 is 11.7. The highest BCUT2D eigenvalue weighted by Crippen LogP contribution is 2.18. The first-order valence-electron chi connectivity index (χ1n) is 17.8. The summed E-state index contributed by atoms with van der Waals surface area (Å²) in [7, 11) is 0. The third-order valence-electron chi connectivity index (χ3n) is 8.70. The number of nitrogens with one attached hydrogen (secondary N) is 2. The second-order valence-electron chi connectivity index (χ2n) is 12.9. The molecule has 0 spiro atoms. The molecule has 0 saturated carbocycles. The number of rotatable bonds is 22. The van der Waals surface area contributed by atoms with Gasteiger partial charge in [-0.2, -0.15) is 0 Å². The number of hydrogen-bond acceptors (Lipinski definition) is 6. The normalized spacial score (nSPS) is 13.1. The maximum Gasteiger partial charge on any atom is 0.309 e. The Morgan fingerprint density at radius 2 is 1.15 bits per heavy atom. The Hall–Kier alpha value is -5.47. The van der Waals surface area contributed by atoms with Gasteiger partial charge in [-0.05, 0) is 66.5 Å². The molecular weight excluding hydrogens is 652 g/mol. The molecule has 0 aliphatic rings. The zero-order valence-electron chi connectivity index (χ0n) is 29.7. The van der Waals surface area contributed by atoms with Gasteiger partial charge in [0.25, 0.3) is 0 Å². The van der Waals surface area contributed by atoms with Crippen molar-refractivity contribution in [1.82, 2.24) is 10.6 Å². The maximum absolute atomic E-state index is 13.7. The lowest BCUT2D eigenvalue weighted by atomic mass is 9.96. The number of aliphatic hydroxyl groups excluding tert-OH is 1. The molecule has 8 nitrogen and oxygen atoms in total. The fraction of sp³-hybridized carbons (Fsp3) is 0.295. The summed E-state index contributed by atoms with van der Waals surface area (Å²) in [6.07, 6.45) is 5.30. The molecule has 0 aliphatic carbocycles. The first kappa shape index (κ1) is 39.3. The monoisotopic (exact) mass is 702 g/mol. The molecule has 4 rings (SSSR count). The van der Waals surface area contributed by atoms with E-state index in [2.05, 4.69) is 23.8 Å². The van der Waals surface area contributed by atoms with E-state index in [1.807, 2.05) is 115 Å². The van der Waals surface area contributed by atoms with Crippen LogP contribution in [0.2, 0.25) is 0 Å². The number of carbonyl (C=O) groups is 3. The second-order valence-corrected chi connectivity index (χ2v) is 12.9. The number of amides is 2. The maximum atomic E-state index is 13.7. The molecule has 2 amide bonds. The predicted molar refractivity (Wildman–Crippen MR) is 204 cm³/mol. The minimum atomic E-state index is -0.710. The topological polar surface area (TPSA) is 114 Å². The second kappa shape index (κ2) is 21.7. The Labute approximate surface area is 307 Å². The van der Waals surface area contributed by atoms with Gasteiger partial charge in [0.15, 0.2) is 0 Å². The van der Waals surface area contributed by atoms with Crippen molar-refractivity contribution < 1.29 is 29.0 Å². The smallest absolute Gasteiger partial charge is 0.309 e. The zero-order chi connectivity index (χ0) is 37.0. The molecule has 3 N–H and O–H groups in total. The van der Waals surface area contributed by atoms with Crippen molar-refractivity contribution in [2.45, 2.75) is 57.2 Å². The Balaban J connectivity index is 1.33. The van der Waals surface area contributed by atoms with Crippen LogP contribution in [-0.4, -0.2) is 48.2 Å². The number of ether oxygens (including phenoxy) is 2. The van der Waals surface area contributed by atoms with Gasteiger partial charge in [-0.3, -0.25) is 14.4 Å². The molecule has 8 heteroatoms. The summed E-state index contributed by atoms with van der Waals surface area (Å²) in [5.41, 5.74) is 3.98. The quantitative estimate of drug-likeness (QED) is 0.0631. The van der Waals surface area contributed by atoms with Gasteiger partial charge in [-0.1, -0.05) is 115 Å². The van der Waals surface area contributed by atoms with E-state index in [4.69, 9.17) is 9.47 Å². The lowest BCUT2D eigenvalue weighted by Crippen LogP contribution is -2.45. The van der Waals surface area contributed by atoms with E-state index in [1.165, 1.54) is 0 Å². The summed E-state index contributed by atoms with van der Waals surface area (Å²) in [6.45, 7) is 7.77. The van der Waals surface area contributed by atoms with Crippen molar-refractivity contribution in [3.63, 3.8) is 0 Å². The Kier molecular flexibility index (Phi) is 16.4. The van der Waals surface area contributed by atoms with Gasteiger partial charge in [0.1, 0.15) is 19.0 Å². The molecule has 0 bridgehead atoms. The molecule has 272 valence electrons. The average Bonchev–Trinajstić information content (AvgIpc) is 3.17. The van der Waals surface area contributed by atoms with E-state index < -0.39 is 23.9 Å². The first-order valence-corrected chi connectivity index (χ1v) is 17.8. The summed E-state index contributed by atoms with van der Waals surface area (Å²) in [5, 5.41) is 16.0. The van der Waals surface area contributed by atoms with Crippen LogP contribution in [0.1, 0.15) is 41.5 Å². The van der Waals surface area contributed by atoms with Gasteiger partial charge in [0.2, 0.25) is 11.8 Å². The van der Waals surface area contributed by atoms with Crippen LogP contribution in [0.25, 0.3) is 0 Å². The summed E-state index contributed by atoms with van der Waals surface area (Å²) >= 11 is 0. The molecule has 52 heavy (non-hydrogen) atoms. The van der Waals surface area contributed by atoms with Crippen molar-refractivity contribution in [3.05, 3.63) is 163 Å². The molecule has 0 heterocycles. The number of aliphatic hydroxyl groups is 1. The van der Waals surface area contributed by atoms with Crippen LogP contribution >= 0.6 is 0 Å². The number of hydrogen-bond donors (Lipinski definition) is 3. The van der Waals surface area contributed by atoms with E-state index >= 15 is 0 Å². The minimum absolute atomic E-state index is 0.0302. The molecule has 4 aromatic rings. The lowest BCUT2D eigenvalue weighted by molar-refractivity contribution is -0.149. The van der Waals surface area contributed by atoms with Crippen molar-refractivity contribution in [2.24, 2.45) is 11.8 Å². The number of esters is 1. The minimum Gasteiger partial charge on any atom is -0.489 e. The van der Waals surface area contributed by atoms with Gasteiger partial charge in [-0.25, -0.2) is 0 Å². The van der Waals surface area contributed by atoms with Gasteiger partial charge in [0.05, 0.1) is 30.5 Å². The highest BCUT2D eigenvalue weighted by atomic mass is 16.5. The van der Waals surface area contributed by atoms with Crippen molar-refractivity contribution in [3.8, 4) is 5.75 Å². The van der Waals surface area contributed by atoms with E-state index in [9.17, 15) is 19.5 Å². The fourth-order valence-corrected chi connectivity index (χ4v) is 5.94. The third-order valence-corrected chi connectivity index (χ3v) is 8.70. The van der Waals surface area contributed by atoms with Gasteiger partial charge in [-0.15, -0.1) is 13.2 Å². The van der Waals surface area contributed by atoms with Crippen molar-refractivity contribution >= 4 is 17.8 Å². The molecule has 0 aliphatic heterocycles. The summed E-state index contributed by atoms with van der Waals surface area (Å²) in [4.78, 5) is 40.1. The molecule has 0 saturated heterocycles. The number of benzene rings is 4. The van der Waals surface area contributed by atoms with Crippen LogP contribution in [0.3, 0.4) is 0 Å². The molecule has 0 fully saturated rings. The molecule has 4 atom stereocenters. The number of carbonyl (C=O) groups excluding carboxylic acids is 3. The first-order chi connectivity index (χ1) is 25.4. The standard InChI is InChI=1S/C44H50N2O6/c1-3-14-37(29-42(48)45-39(30-47)27-35-22-24-41(25-23-35)51-31-36-20-12-7-13-21-36)43(49)46-40(28-34-18-10-6-11-19-34)32-52-44(50)38(15-4-2)26-33-16-8-5-9-17-33/h3-13,16-25,37-40,47H,1-2,14-15,26-32H2,(H,45,48)(H,46,49). The predicted octanol–water partition coefficient (Wildman–Crippen LogP) is 6.57. The Bertz CT molecular complexity index is 1680. The largest absolute Gasteiger partial charge is 0.489 e. The van der Waals surface area contributed by atoms with E-state index in [1.54, 1.807) is 12.2 Å². The van der Waals surface area contributed by atoms with Crippen LogP contribution in [0, 0.1) is 11.8 Å². The van der Waals surface area contributed by atoms with Crippen molar-refractivity contribution in [2.75, 3.05) is 13.2 Å². The Morgan fingerprint density at radius 3 is 1.73 bits per heavy atom. The van der Waals surface area contributed by atoms with Crippen LogP contribution in [-0.2, 0) is 45.0 Å². The highest BCUT2D eigenvalue weighted by Gasteiger charge is 2.27. The fourth-order valence-electron chi connectivity index (χ4n) is 5.94. The van der Waals surface area contributed by atoms with Crippen LogP contribution < -0.4 is 15.4 Å². The highest BCUT2D eigenvalue weighted by molar-refractivity contribution is 5.86. The van der Waals surface area contributed by atoms with E-state index in [-0.39, 0.29) is 43.8 Å². The summed E-state index contributed by atoms with van der Waals surface area (Å²) in [5.74, 6) is -1.45. The molecule has 0 aromatic heterocycles. The van der Waals surface area contributed by atoms with E-state index in [0.29, 0.717) is 32.3 Å². The lowest BCUT2D eigenvalue weighted by Gasteiger charge is -2.24. The van der Waals surface area contributed by atoms with Crippen LogP contribution in [0.4, 0.5) is 0 Å². The molecule has 4 unspecified atom stereocenters. The van der Waals surface area contributed by atoms with Crippen LogP contribution in [0.5, 0.6) is 5.75 Å².